The van der Waals surface area contributed by atoms with Crippen molar-refractivity contribution in [2.75, 3.05) is 18.0 Å². The van der Waals surface area contributed by atoms with Gasteiger partial charge >= 0.3 is 5.97 Å². The van der Waals surface area contributed by atoms with Gasteiger partial charge in [0.1, 0.15) is 5.02 Å². The highest BCUT2D eigenvalue weighted by molar-refractivity contribution is 6.33. The Labute approximate surface area is 109 Å². The molecule has 1 aromatic heterocycles. The predicted octanol–water partition coefficient (Wildman–Crippen LogP) is 0.828. The van der Waals surface area contributed by atoms with Crippen LogP contribution in [0.2, 0.25) is 5.02 Å². The summed E-state index contributed by atoms with van der Waals surface area (Å²) in [6, 6.07) is 0. The summed E-state index contributed by atoms with van der Waals surface area (Å²) in [7, 11) is 0. The van der Waals surface area contributed by atoms with Gasteiger partial charge in [0.05, 0.1) is 17.8 Å². The first kappa shape index (κ1) is 12.9. The van der Waals surface area contributed by atoms with E-state index in [0.29, 0.717) is 31.7 Å². The summed E-state index contributed by atoms with van der Waals surface area (Å²) in [6.45, 7) is 3.21. The molecule has 0 saturated carbocycles. The molecule has 2 rings (SSSR count). The molecule has 1 aliphatic heterocycles. The minimum absolute atomic E-state index is 0.109. The van der Waals surface area contributed by atoms with E-state index in [-0.39, 0.29) is 10.6 Å². The Morgan fingerprint density at radius 1 is 1.67 bits per heavy atom. The second-order valence-corrected chi connectivity index (χ2v) is 4.61. The lowest BCUT2D eigenvalue weighted by molar-refractivity contribution is -0.140. The average Bonchev–Trinajstić information content (AvgIpc) is 2.82. The van der Waals surface area contributed by atoms with Crippen molar-refractivity contribution in [3.63, 3.8) is 0 Å². The number of aliphatic carboxylic acids is 1. The standard InChI is InChI=1S/C11H14ClN3O3/c1-2-15-10(16)9(12)8(5-13-15)14-4-3-7(6-14)11(17)18/h5,7H,2-4,6H2,1H3,(H,17,18)/t7-/m0/s1. The summed E-state index contributed by atoms with van der Waals surface area (Å²) in [6.07, 6.45) is 2.08. The molecule has 0 spiro atoms. The van der Waals surface area contributed by atoms with E-state index in [1.54, 1.807) is 11.8 Å². The molecule has 98 valence electrons. The van der Waals surface area contributed by atoms with E-state index in [1.807, 2.05) is 0 Å². The second kappa shape index (κ2) is 4.97. The molecule has 0 unspecified atom stereocenters. The molecule has 0 radical (unpaired) electrons. The lowest BCUT2D eigenvalue weighted by Crippen LogP contribution is -2.28. The van der Waals surface area contributed by atoms with Crippen molar-refractivity contribution in [3.05, 3.63) is 21.6 Å². The molecule has 2 heterocycles. The SMILES string of the molecule is CCn1ncc(N2CC[C@H](C(=O)O)C2)c(Cl)c1=O. The molecular weight excluding hydrogens is 258 g/mol. The Kier molecular flexibility index (Phi) is 3.56. The minimum Gasteiger partial charge on any atom is -0.481 e. The third-order valence-corrected chi connectivity index (χ3v) is 3.50. The van der Waals surface area contributed by atoms with Crippen LogP contribution in [0.15, 0.2) is 11.0 Å². The van der Waals surface area contributed by atoms with Crippen LogP contribution in [-0.2, 0) is 11.3 Å². The van der Waals surface area contributed by atoms with Crippen LogP contribution in [0.1, 0.15) is 13.3 Å². The van der Waals surface area contributed by atoms with Gasteiger partial charge < -0.3 is 10.0 Å². The van der Waals surface area contributed by atoms with Crippen LogP contribution in [0.4, 0.5) is 5.69 Å². The zero-order chi connectivity index (χ0) is 13.3. The van der Waals surface area contributed by atoms with Crippen LogP contribution in [0.25, 0.3) is 0 Å². The van der Waals surface area contributed by atoms with Gasteiger partial charge in [0.25, 0.3) is 5.56 Å². The molecule has 0 amide bonds. The Morgan fingerprint density at radius 2 is 2.39 bits per heavy atom. The third kappa shape index (κ3) is 2.20. The number of anilines is 1. The number of rotatable bonds is 3. The van der Waals surface area contributed by atoms with Crippen LogP contribution in [0.3, 0.4) is 0 Å². The van der Waals surface area contributed by atoms with Crippen LogP contribution in [0, 0.1) is 5.92 Å². The lowest BCUT2D eigenvalue weighted by atomic mass is 10.1. The maximum atomic E-state index is 11.8. The number of hydrogen-bond acceptors (Lipinski definition) is 4. The van der Waals surface area contributed by atoms with E-state index in [1.165, 1.54) is 10.9 Å². The maximum absolute atomic E-state index is 11.8. The highest BCUT2D eigenvalue weighted by Crippen LogP contribution is 2.27. The first-order chi connectivity index (χ1) is 8.54. The number of halogens is 1. The van der Waals surface area contributed by atoms with Crippen LogP contribution < -0.4 is 10.5 Å². The van der Waals surface area contributed by atoms with E-state index >= 15 is 0 Å². The van der Waals surface area contributed by atoms with Gasteiger partial charge in [-0.1, -0.05) is 11.6 Å². The number of hydrogen-bond donors (Lipinski definition) is 1. The van der Waals surface area contributed by atoms with Crippen molar-refractivity contribution < 1.29 is 9.90 Å². The molecule has 1 aromatic rings. The van der Waals surface area contributed by atoms with E-state index in [0.717, 1.165) is 0 Å². The minimum atomic E-state index is -0.816. The van der Waals surface area contributed by atoms with Gasteiger partial charge in [-0.3, -0.25) is 9.59 Å². The molecule has 6 nitrogen and oxygen atoms in total. The number of aromatic nitrogens is 2. The summed E-state index contributed by atoms with van der Waals surface area (Å²) >= 11 is 6.02. The van der Waals surface area contributed by atoms with Crippen molar-refractivity contribution in [3.8, 4) is 0 Å². The van der Waals surface area contributed by atoms with Crippen molar-refractivity contribution in [1.82, 2.24) is 9.78 Å². The summed E-state index contributed by atoms with van der Waals surface area (Å²) in [4.78, 5) is 24.5. The van der Waals surface area contributed by atoms with Gasteiger partial charge in [0.2, 0.25) is 0 Å². The highest BCUT2D eigenvalue weighted by Gasteiger charge is 2.29. The number of carboxylic acid groups (broad SMARTS) is 1. The van der Waals surface area contributed by atoms with Crippen LogP contribution >= 0.6 is 11.6 Å². The Morgan fingerprint density at radius 3 is 2.94 bits per heavy atom. The van der Waals surface area contributed by atoms with E-state index in [9.17, 15) is 9.59 Å². The Bertz CT molecular complexity index is 529. The van der Waals surface area contributed by atoms with E-state index < -0.39 is 11.9 Å². The molecule has 1 atom stereocenters. The first-order valence-electron chi connectivity index (χ1n) is 5.78. The highest BCUT2D eigenvalue weighted by atomic mass is 35.5. The van der Waals surface area contributed by atoms with Crippen molar-refractivity contribution in [2.45, 2.75) is 19.9 Å². The molecule has 18 heavy (non-hydrogen) atoms. The summed E-state index contributed by atoms with van der Waals surface area (Å²) < 4.78 is 1.27. The summed E-state index contributed by atoms with van der Waals surface area (Å²) in [5.41, 5.74) is 0.186. The molecule has 0 aliphatic carbocycles. The third-order valence-electron chi connectivity index (χ3n) is 3.14. The summed E-state index contributed by atoms with van der Waals surface area (Å²) in [5.74, 6) is -1.22. The maximum Gasteiger partial charge on any atom is 0.308 e. The van der Waals surface area contributed by atoms with Gasteiger partial charge in [0, 0.05) is 19.6 Å². The zero-order valence-corrected chi connectivity index (χ0v) is 10.7. The molecule has 1 N–H and O–H groups in total. The Hall–Kier alpha value is -1.56. The predicted molar refractivity (Wildman–Crippen MR) is 67.1 cm³/mol. The van der Waals surface area contributed by atoms with Crippen molar-refractivity contribution in [2.24, 2.45) is 5.92 Å². The number of nitrogens with zero attached hydrogens (tertiary/aromatic N) is 3. The summed E-state index contributed by atoms with van der Waals surface area (Å²) in [5, 5.41) is 13.1. The fraction of sp³-hybridized carbons (Fsp3) is 0.545. The fourth-order valence-electron chi connectivity index (χ4n) is 2.08. The molecular formula is C11H14ClN3O3. The molecule has 1 aliphatic rings. The van der Waals surface area contributed by atoms with Gasteiger partial charge in [-0.05, 0) is 13.3 Å². The lowest BCUT2D eigenvalue weighted by Gasteiger charge is -2.19. The molecule has 1 saturated heterocycles. The van der Waals surface area contributed by atoms with E-state index in [4.69, 9.17) is 16.7 Å². The van der Waals surface area contributed by atoms with Gasteiger partial charge in [0.15, 0.2) is 0 Å². The Balaban J connectivity index is 2.28. The quantitative estimate of drug-likeness (QED) is 0.881. The monoisotopic (exact) mass is 271 g/mol. The second-order valence-electron chi connectivity index (χ2n) is 4.23. The van der Waals surface area contributed by atoms with E-state index in [2.05, 4.69) is 5.10 Å². The van der Waals surface area contributed by atoms with Gasteiger partial charge in [-0.2, -0.15) is 5.10 Å². The molecule has 1 fully saturated rings. The fourth-order valence-corrected chi connectivity index (χ4v) is 2.35. The number of carbonyl (C=O) groups is 1. The largest absolute Gasteiger partial charge is 0.481 e. The molecule has 7 heteroatoms. The normalized spacial score (nSPS) is 19.2. The average molecular weight is 272 g/mol. The zero-order valence-electron chi connectivity index (χ0n) is 9.97. The van der Waals surface area contributed by atoms with Crippen LogP contribution in [0.5, 0.6) is 0 Å². The van der Waals surface area contributed by atoms with Crippen LogP contribution in [-0.4, -0.2) is 33.9 Å². The topological polar surface area (TPSA) is 75.4 Å². The molecule has 0 aromatic carbocycles. The first-order valence-corrected chi connectivity index (χ1v) is 6.15. The van der Waals surface area contributed by atoms with Crippen molar-refractivity contribution >= 4 is 23.3 Å². The molecule has 0 bridgehead atoms. The number of carboxylic acids is 1. The van der Waals surface area contributed by atoms with Crippen molar-refractivity contribution in [1.29, 1.82) is 0 Å². The van der Waals surface area contributed by atoms with Gasteiger partial charge in [-0.15, -0.1) is 0 Å². The number of aryl methyl sites for hydroxylation is 1. The smallest absolute Gasteiger partial charge is 0.308 e. The van der Waals surface area contributed by atoms with Gasteiger partial charge in [-0.25, -0.2) is 4.68 Å².